The van der Waals surface area contributed by atoms with Crippen molar-refractivity contribution < 1.29 is 17.9 Å². The van der Waals surface area contributed by atoms with E-state index in [1.165, 1.54) is 12.1 Å². The zero-order chi connectivity index (χ0) is 10.6. The van der Waals surface area contributed by atoms with Gasteiger partial charge < -0.3 is 0 Å². The molecule has 1 rings (SSSR count). The van der Waals surface area contributed by atoms with Crippen molar-refractivity contribution in [3.63, 3.8) is 0 Å². The molecule has 0 aromatic heterocycles. The summed E-state index contributed by atoms with van der Waals surface area (Å²) in [7, 11) is 0. The number of halogens is 4. The number of ether oxygens (including phenoxy) is 1. The van der Waals surface area contributed by atoms with Crippen molar-refractivity contribution in [2.24, 2.45) is 0 Å². The van der Waals surface area contributed by atoms with Crippen LogP contribution in [0.1, 0.15) is 5.56 Å². The van der Waals surface area contributed by atoms with Crippen LogP contribution in [0, 0.1) is 0 Å². The molecule has 0 spiro atoms. The molecule has 1 aromatic carbocycles. The zero-order valence-corrected chi connectivity index (χ0v) is 11.9. The first kappa shape index (κ1) is 12.2. The molecular formula is C8H6BrF3InO. The van der Waals surface area contributed by atoms with E-state index in [1.807, 2.05) is 0 Å². The van der Waals surface area contributed by atoms with Gasteiger partial charge in [-0.05, 0) is 0 Å². The SMILES string of the molecule is FC(F)(F)Oc1ccc([CH2][In][Br])cc1. The third-order valence-corrected chi connectivity index (χ3v) is 5.43. The number of hydrogen-bond donors (Lipinski definition) is 0. The van der Waals surface area contributed by atoms with E-state index in [2.05, 4.69) is 17.0 Å². The average molecular weight is 370 g/mol. The van der Waals surface area contributed by atoms with E-state index in [4.69, 9.17) is 0 Å². The Labute approximate surface area is 96.5 Å². The number of rotatable bonds is 3. The normalized spacial score (nSPS) is 11.1. The van der Waals surface area contributed by atoms with Gasteiger partial charge in [-0.2, -0.15) is 0 Å². The molecule has 0 amide bonds. The van der Waals surface area contributed by atoms with Gasteiger partial charge in [-0.25, -0.2) is 0 Å². The molecule has 1 radical (unpaired) electrons. The Hall–Kier alpha value is 0.160. The molecular weight excluding hydrogens is 364 g/mol. The van der Waals surface area contributed by atoms with E-state index in [-0.39, 0.29) is 5.75 Å². The van der Waals surface area contributed by atoms with Gasteiger partial charge >= 0.3 is 96.9 Å². The second-order valence-electron chi connectivity index (χ2n) is 2.55. The average Bonchev–Trinajstić information content (AvgIpc) is 2.06. The maximum atomic E-state index is 11.8. The predicted molar refractivity (Wildman–Crippen MR) is 51.5 cm³/mol. The second kappa shape index (κ2) is 5.30. The van der Waals surface area contributed by atoms with Crippen molar-refractivity contribution in [3.05, 3.63) is 29.8 Å². The first-order valence-corrected chi connectivity index (χ1v) is 13.5. The van der Waals surface area contributed by atoms with Crippen LogP contribution in [0.4, 0.5) is 13.2 Å². The number of benzene rings is 1. The monoisotopic (exact) mass is 369 g/mol. The van der Waals surface area contributed by atoms with Gasteiger partial charge in [0.1, 0.15) is 0 Å². The summed E-state index contributed by atoms with van der Waals surface area (Å²) in [5.74, 6) is -0.163. The van der Waals surface area contributed by atoms with Crippen LogP contribution in [-0.4, -0.2) is 26.9 Å². The van der Waals surface area contributed by atoms with Crippen molar-refractivity contribution >= 4 is 32.9 Å². The molecule has 0 aliphatic carbocycles. The maximum absolute atomic E-state index is 11.8. The first-order chi connectivity index (χ1) is 6.51. The van der Waals surface area contributed by atoms with Crippen molar-refractivity contribution in [2.45, 2.75) is 10.5 Å². The summed E-state index contributed by atoms with van der Waals surface area (Å²) in [6, 6.07) is 6.00. The van der Waals surface area contributed by atoms with E-state index < -0.39 is 26.9 Å². The summed E-state index contributed by atoms with van der Waals surface area (Å²) in [5.41, 5.74) is 1.05. The van der Waals surface area contributed by atoms with Crippen LogP contribution in [0.5, 0.6) is 5.75 Å². The molecule has 0 aliphatic heterocycles. The van der Waals surface area contributed by atoms with Gasteiger partial charge in [0.05, 0.1) is 0 Å². The van der Waals surface area contributed by atoms with Crippen molar-refractivity contribution in [1.82, 2.24) is 0 Å². The molecule has 0 saturated heterocycles. The Bertz CT molecular complexity index is 286. The molecule has 0 fully saturated rings. The molecule has 0 atom stereocenters. The zero-order valence-electron chi connectivity index (χ0n) is 7.01. The van der Waals surface area contributed by atoms with Crippen LogP contribution in [0.3, 0.4) is 0 Å². The van der Waals surface area contributed by atoms with Gasteiger partial charge in [-0.3, -0.25) is 0 Å². The van der Waals surface area contributed by atoms with Gasteiger partial charge in [0, 0.05) is 0 Å². The molecule has 0 aliphatic rings. The van der Waals surface area contributed by atoms with E-state index >= 15 is 0 Å². The third-order valence-electron chi connectivity index (χ3n) is 1.47. The molecule has 0 saturated carbocycles. The Balaban J connectivity index is 2.64. The minimum absolute atomic E-state index is 0.163. The van der Waals surface area contributed by atoms with E-state index in [0.29, 0.717) is 0 Å². The summed E-state index contributed by atoms with van der Waals surface area (Å²) < 4.78 is 40.0. The number of alkyl halides is 3. The van der Waals surface area contributed by atoms with Gasteiger partial charge in [-0.1, -0.05) is 0 Å². The summed E-state index contributed by atoms with van der Waals surface area (Å²) in [4.78, 5) is 0. The Morgan fingerprint density at radius 3 is 2.21 bits per heavy atom. The Morgan fingerprint density at radius 2 is 1.79 bits per heavy atom. The first-order valence-electron chi connectivity index (χ1n) is 3.78. The fraction of sp³-hybridized carbons (Fsp3) is 0.250. The summed E-state index contributed by atoms with van der Waals surface area (Å²) in [6.45, 7) is 0. The van der Waals surface area contributed by atoms with Crippen LogP contribution in [0.2, 0.25) is 0 Å². The van der Waals surface area contributed by atoms with Crippen LogP contribution < -0.4 is 4.74 Å². The molecule has 14 heavy (non-hydrogen) atoms. The fourth-order valence-electron chi connectivity index (χ4n) is 0.916. The van der Waals surface area contributed by atoms with Gasteiger partial charge in [0.15, 0.2) is 0 Å². The molecule has 0 N–H and O–H groups in total. The summed E-state index contributed by atoms with van der Waals surface area (Å²) >= 11 is 2.76. The molecule has 0 heterocycles. The molecule has 75 valence electrons. The van der Waals surface area contributed by atoms with Crippen LogP contribution in [-0.2, 0) is 4.18 Å². The predicted octanol–water partition coefficient (Wildman–Crippen LogP) is 3.10. The summed E-state index contributed by atoms with van der Waals surface area (Å²) in [5, 5.41) is 0. The quantitative estimate of drug-likeness (QED) is 0.795. The standard InChI is InChI=1S/C8H6F3O.BrH.In/c1-6-2-4-7(5-3-6)12-8(9,10)11;;/h2-5H,1H2;1H;/q;;+1/p-1. The molecule has 0 bridgehead atoms. The van der Waals surface area contributed by atoms with Crippen molar-refractivity contribution in [3.8, 4) is 5.75 Å². The summed E-state index contributed by atoms with van der Waals surface area (Å²) in [6.07, 6.45) is -4.60. The minimum atomic E-state index is -4.60. The fourth-order valence-corrected chi connectivity index (χ4v) is 4.71. The van der Waals surface area contributed by atoms with Crippen molar-refractivity contribution in [2.75, 3.05) is 0 Å². The topological polar surface area (TPSA) is 9.23 Å². The molecule has 6 heteroatoms. The van der Waals surface area contributed by atoms with E-state index in [9.17, 15) is 13.2 Å². The molecule has 0 unspecified atom stereocenters. The van der Waals surface area contributed by atoms with Crippen LogP contribution >= 0.6 is 12.3 Å². The Morgan fingerprint density at radius 1 is 1.21 bits per heavy atom. The molecule has 1 aromatic rings. The van der Waals surface area contributed by atoms with E-state index in [0.717, 1.165) is 9.74 Å². The molecule has 1 nitrogen and oxygen atoms in total. The van der Waals surface area contributed by atoms with E-state index in [1.54, 1.807) is 12.1 Å². The second-order valence-corrected chi connectivity index (χ2v) is 8.94. The third kappa shape index (κ3) is 4.59. The van der Waals surface area contributed by atoms with Crippen molar-refractivity contribution in [1.29, 1.82) is 0 Å². The van der Waals surface area contributed by atoms with Gasteiger partial charge in [0.25, 0.3) is 0 Å². The van der Waals surface area contributed by atoms with Crippen LogP contribution in [0.15, 0.2) is 24.3 Å². The van der Waals surface area contributed by atoms with Gasteiger partial charge in [0.2, 0.25) is 0 Å². The Kier molecular flexibility index (Phi) is 4.63. The van der Waals surface area contributed by atoms with Gasteiger partial charge in [-0.15, -0.1) is 0 Å². The number of hydrogen-bond acceptors (Lipinski definition) is 1. The van der Waals surface area contributed by atoms with Crippen LogP contribution in [0.25, 0.3) is 0 Å².